The van der Waals surface area contributed by atoms with Gasteiger partial charge in [0.1, 0.15) is 0 Å². The summed E-state index contributed by atoms with van der Waals surface area (Å²) in [5.41, 5.74) is 1.47. The van der Waals surface area contributed by atoms with E-state index < -0.39 is 0 Å². The van der Waals surface area contributed by atoms with Gasteiger partial charge >= 0.3 is 0 Å². The van der Waals surface area contributed by atoms with Gasteiger partial charge in [0.25, 0.3) is 0 Å². The molecule has 0 aliphatic heterocycles. The van der Waals surface area contributed by atoms with Crippen LogP contribution in [0.25, 0.3) is 11.4 Å². The first-order chi connectivity index (χ1) is 15.6. The highest BCUT2D eigenvalue weighted by molar-refractivity contribution is 7.99. The van der Waals surface area contributed by atoms with Crippen molar-refractivity contribution in [3.63, 3.8) is 0 Å². The predicted molar refractivity (Wildman–Crippen MR) is 125 cm³/mol. The molecule has 32 heavy (non-hydrogen) atoms. The fourth-order valence-corrected chi connectivity index (χ4v) is 3.90. The first-order valence-electron chi connectivity index (χ1n) is 9.58. The largest absolute Gasteiger partial charge is 0.493 e. The van der Waals surface area contributed by atoms with Gasteiger partial charge in [0, 0.05) is 34.7 Å². The lowest BCUT2D eigenvalue weighted by Crippen LogP contribution is -2.16. The minimum atomic E-state index is -0.183. The summed E-state index contributed by atoms with van der Waals surface area (Å²) in [6.45, 7) is 0. The number of aromatic nitrogens is 4. The van der Waals surface area contributed by atoms with Gasteiger partial charge in [0.15, 0.2) is 17.3 Å². The van der Waals surface area contributed by atoms with Gasteiger partial charge in [-0.15, -0.1) is 10.2 Å². The number of carbonyl (C=O) groups is 1. The molecule has 0 bridgehead atoms. The van der Waals surface area contributed by atoms with Crippen LogP contribution < -0.4 is 14.8 Å². The van der Waals surface area contributed by atoms with Crippen LogP contribution in [-0.4, -0.2) is 45.4 Å². The summed E-state index contributed by atoms with van der Waals surface area (Å²) in [6.07, 6.45) is 3.77. The van der Waals surface area contributed by atoms with Crippen LogP contribution in [0.4, 0.5) is 5.69 Å². The number of carbonyl (C=O) groups excluding carboxylic acids is 1. The second-order valence-corrected chi connectivity index (χ2v) is 7.97. The van der Waals surface area contributed by atoms with Crippen molar-refractivity contribution in [2.75, 3.05) is 25.3 Å². The van der Waals surface area contributed by atoms with Gasteiger partial charge in [0.05, 0.1) is 20.0 Å². The smallest absolute Gasteiger partial charge is 0.234 e. The number of ether oxygens (including phenoxy) is 2. The molecule has 0 spiro atoms. The van der Waals surface area contributed by atoms with E-state index >= 15 is 0 Å². The van der Waals surface area contributed by atoms with Gasteiger partial charge in [-0.3, -0.25) is 9.47 Å². The number of nitrogens with one attached hydrogen (secondary N) is 1. The summed E-state index contributed by atoms with van der Waals surface area (Å²) in [5, 5.41) is 12.7. The number of anilines is 1. The van der Waals surface area contributed by atoms with Crippen LogP contribution in [0.1, 0.15) is 0 Å². The number of methoxy groups -OCH3 is 2. The monoisotopic (exact) mass is 469 g/mol. The zero-order chi connectivity index (χ0) is 22.5. The zero-order valence-corrected chi connectivity index (χ0v) is 18.9. The molecule has 0 radical (unpaired) electrons. The maximum absolute atomic E-state index is 12.6. The molecule has 1 N–H and O–H groups in total. The summed E-state index contributed by atoms with van der Waals surface area (Å²) < 4.78 is 14.2. The van der Waals surface area contributed by atoms with E-state index in [1.807, 2.05) is 46.0 Å². The molecule has 0 saturated heterocycles. The van der Waals surface area contributed by atoms with E-state index in [0.29, 0.717) is 33.2 Å². The Bertz CT molecular complexity index is 1210. The molecule has 0 aliphatic rings. The quantitative estimate of drug-likeness (QED) is 0.384. The Balaban J connectivity index is 1.52. The third kappa shape index (κ3) is 4.74. The normalized spacial score (nSPS) is 10.7. The highest BCUT2D eigenvalue weighted by Crippen LogP contribution is 2.30. The summed E-state index contributed by atoms with van der Waals surface area (Å²) in [4.78, 5) is 12.6. The van der Waals surface area contributed by atoms with Gasteiger partial charge in [0.2, 0.25) is 11.1 Å². The molecule has 10 heteroatoms. The molecule has 0 aliphatic carbocycles. The summed E-state index contributed by atoms with van der Waals surface area (Å²) >= 11 is 7.30. The van der Waals surface area contributed by atoms with E-state index in [1.165, 1.54) is 11.8 Å². The average molecular weight is 470 g/mol. The minimum Gasteiger partial charge on any atom is -0.493 e. The third-order valence-corrected chi connectivity index (χ3v) is 5.71. The Hall–Kier alpha value is -3.43. The van der Waals surface area contributed by atoms with Crippen LogP contribution in [0, 0.1) is 0 Å². The highest BCUT2D eigenvalue weighted by Gasteiger charge is 2.17. The van der Waals surface area contributed by atoms with E-state index in [-0.39, 0.29) is 11.7 Å². The van der Waals surface area contributed by atoms with Crippen LogP contribution in [0.2, 0.25) is 5.02 Å². The van der Waals surface area contributed by atoms with Crippen molar-refractivity contribution in [1.82, 2.24) is 19.5 Å². The molecule has 0 fully saturated rings. The first-order valence-corrected chi connectivity index (χ1v) is 10.9. The molecule has 2 heterocycles. The van der Waals surface area contributed by atoms with E-state index in [1.54, 1.807) is 44.6 Å². The maximum Gasteiger partial charge on any atom is 0.234 e. The second kappa shape index (κ2) is 9.80. The van der Waals surface area contributed by atoms with Gasteiger partial charge in [-0.2, -0.15) is 0 Å². The minimum absolute atomic E-state index is 0.147. The lowest BCUT2D eigenvalue weighted by molar-refractivity contribution is -0.113. The SMILES string of the molecule is COc1ccc(NC(=O)CSc2nnc(-c3ccc(Cl)cc3)n2-n2cccc2)cc1OC. The Labute approximate surface area is 194 Å². The van der Waals surface area contributed by atoms with Gasteiger partial charge in [-0.05, 0) is 48.5 Å². The molecular weight excluding hydrogens is 450 g/mol. The molecule has 0 saturated carbocycles. The Morgan fingerprint density at radius 1 is 1.03 bits per heavy atom. The molecule has 4 aromatic rings. The van der Waals surface area contributed by atoms with Gasteiger partial charge in [-0.25, -0.2) is 4.68 Å². The average Bonchev–Trinajstić information content (AvgIpc) is 3.48. The molecule has 4 rings (SSSR count). The Morgan fingerprint density at radius 3 is 2.44 bits per heavy atom. The molecule has 2 aromatic heterocycles. The van der Waals surface area contributed by atoms with Crippen LogP contribution in [0.15, 0.2) is 72.1 Å². The zero-order valence-electron chi connectivity index (χ0n) is 17.4. The molecule has 2 aromatic carbocycles. The summed E-state index contributed by atoms with van der Waals surface area (Å²) in [5.74, 6) is 1.74. The first kappa shape index (κ1) is 21.8. The van der Waals surface area contributed by atoms with E-state index in [0.717, 1.165) is 5.56 Å². The van der Waals surface area contributed by atoms with E-state index in [4.69, 9.17) is 21.1 Å². The molecule has 8 nitrogen and oxygen atoms in total. The lowest BCUT2D eigenvalue weighted by Gasteiger charge is -2.12. The summed E-state index contributed by atoms with van der Waals surface area (Å²) in [6, 6.07) is 16.4. The number of thioether (sulfide) groups is 1. The van der Waals surface area contributed by atoms with Crippen LogP contribution in [0.3, 0.4) is 0 Å². The number of benzene rings is 2. The number of halogens is 1. The molecular formula is C22H20ClN5O3S. The van der Waals surface area contributed by atoms with Crippen molar-refractivity contribution in [3.05, 3.63) is 72.0 Å². The topological polar surface area (TPSA) is 83.2 Å². The van der Waals surface area contributed by atoms with E-state index in [2.05, 4.69) is 15.5 Å². The number of nitrogens with zero attached hydrogens (tertiary/aromatic N) is 4. The fourth-order valence-electron chi connectivity index (χ4n) is 3.04. The number of hydrogen-bond donors (Lipinski definition) is 1. The van der Waals surface area contributed by atoms with Gasteiger partial charge in [-0.1, -0.05) is 23.4 Å². The molecule has 1 amide bonds. The fraction of sp³-hybridized carbons (Fsp3) is 0.136. The standard InChI is InChI=1S/C22H20ClN5O3S/c1-30-18-10-9-17(13-19(18)31-2)24-20(29)14-32-22-26-25-21(15-5-7-16(23)8-6-15)28(22)27-11-3-4-12-27/h3-13H,14H2,1-2H3,(H,24,29). The van der Waals surface area contributed by atoms with Crippen molar-refractivity contribution >= 4 is 35.0 Å². The van der Waals surface area contributed by atoms with Crippen LogP contribution in [0.5, 0.6) is 11.5 Å². The van der Waals surface area contributed by atoms with E-state index in [9.17, 15) is 4.79 Å². The third-order valence-electron chi connectivity index (χ3n) is 4.53. The maximum atomic E-state index is 12.6. The lowest BCUT2D eigenvalue weighted by atomic mass is 10.2. The molecule has 0 atom stereocenters. The predicted octanol–water partition coefficient (Wildman–Crippen LogP) is 4.46. The summed E-state index contributed by atoms with van der Waals surface area (Å²) in [7, 11) is 3.11. The second-order valence-electron chi connectivity index (χ2n) is 6.59. The van der Waals surface area contributed by atoms with Crippen molar-refractivity contribution in [1.29, 1.82) is 0 Å². The van der Waals surface area contributed by atoms with Gasteiger partial charge < -0.3 is 14.8 Å². The Kier molecular flexibility index (Phi) is 6.67. The van der Waals surface area contributed by atoms with Crippen molar-refractivity contribution in [2.24, 2.45) is 0 Å². The number of rotatable bonds is 8. The van der Waals surface area contributed by atoms with Crippen molar-refractivity contribution in [3.8, 4) is 22.9 Å². The number of amides is 1. The molecule has 164 valence electrons. The van der Waals surface area contributed by atoms with Crippen LogP contribution >= 0.6 is 23.4 Å². The Morgan fingerprint density at radius 2 is 1.75 bits per heavy atom. The van der Waals surface area contributed by atoms with Crippen molar-refractivity contribution < 1.29 is 14.3 Å². The highest BCUT2D eigenvalue weighted by atomic mass is 35.5. The van der Waals surface area contributed by atoms with Crippen LogP contribution in [-0.2, 0) is 4.79 Å². The molecule has 0 unspecified atom stereocenters. The number of hydrogen-bond acceptors (Lipinski definition) is 6. The van der Waals surface area contributed by atoms with Crippen molar-refractivity contribution in [2.45, 2.75) is 5.16 Å².